The van der Waals surface area contributed by atoms with Gasteiger partial charge in [0, 0.05) is 29.0 Å². The van der Waals surface area contributed by atoms with Crippen molar-refractivity contribution in [3.8, 4) is 0 Å². The maximum Gasteiger partial charge on any atom is 0.238 e. The van der Waals surface area contributed by atoms with Crippen molar-refractivity contribution in [3.63, 3.8) is 0 Å². The van der Waals surface area contributed by atoms with Gasteiger partial charge in [0.05, 0.1) is 16.7 Å². The molecule has 0 saturated heterocycles. The first-order chi connectivity index (χ1) is 9.27. The SMILES string of the molecule is CSC(C)(C)[C@H](N)C(=O)NCCc1csc(C(C)C)n1. The van der Waals surface area contributed by atoms with Gasteiger partial charge in [-0.1, -0.05) is 13.8 Å². The van der Waals surface area contributed by atoms with Crippen LogP contribution in [0.25, 0.3) is 0 Å². The van der Waals surface area contributed by atoms with Gasteiger partial charge in [0.15, 0.2) is 0 Å². The van der Waals surface area contributed by atoms with Crippen molar-refractivity contribution in [2.45, 2.75) is 50.8 Å². The molecule has 1 aromatic rings. The molecule has 1 aromatic heterocycles. The molecule has 0 spiro atoms. The molecule has 0 bridgehead atoms. The van der Waals surface area contributed by atoms with Gasteiger partial charge in [0.2, 0.25) is 5.91 Å². The van der Waals surface area contributed by atoms with Gasteiger partial charge in [-0.2, -0.15) is 11.8 Å². The normalized spacial score (nSPS) is 13.6. The Morgan fingerprint density at radius 2 is 2.20 bits per heavy atom. The number of thioether (sulfide) groups is 1. The van der Waals surface area contributed by atoms with Crippen molar-refractivity contribution in [3.05, 3.63) is 16.1 Å². The van der Waals surface area contributed by atoms with Gasteiger partial charge in [-0.3, -0.25) is 4.79 Å². The Bertz CT molecular complexity index is 443. The highest BCUT2D eigenvalue weighted by molar-refractivity contribution is 8.00. The van der Waals surface area contributed by atoms with Gasteiger partial charge in [-0.05, 0) is 20.1 Å². The topological polar surface area (TPSA) is 68.0 Å². The summed E-state index contributed by atoms with van der Waals surface area (Å²) in [4.78, 5) is 16.5. The molecule has 0 aliphatic heterocycles. The van der Waals surface area contributed by atoms with Crippen LogP contribution in [0.2, 0.25) is 0 Å². The van der Waals surface area contributed by atoms with E-state index in [1.807, 2.05) is 20.1 Å². The van der Waals surface area contributed by atoms with Crippen molar-refractivity contribution >= 4 is 29.0 Å². The Balaban J connectivity index is 2.42. The van der Waals surface area contributed by atoms with Gasteiger partial charge in [0.25, 0.3) is 0 Å². The quantitative estimate of drug-likeness (QED) is 0.811. The molecule has 0 aliphatic rings. The summed E-state index contributed by atoms with van der Waals surface area (Å²) in [7, 11) is 0. The van der Waals surface area contributed by atoms with Crippen molar-refractivity contribution < 1.29 is 4.79 Å². The first-order valence-corrected chi connectivity index (χ1v) is 8.91. The van der Waals surface area contributed by atoms with Crippen molar-refractivity contribution in [1.82, 2.24) is 10.3 Å². The summed E-state index contributed by atoms with van der Waals surface area (Å²) in [6.45, 7) is 8.81. The highest BCUT2D eigenvalue weighted by atomic mass is 32.2. The van der Waals surface area contributed by atoms with E-state index in [0.717, 1.165) is 17.1 Å². The van der Waals surface area contributed by atoms with Crippen LogP contribution in [0.1, 0.15) is 44.3 Å². The standard InChI is InChI=1S/C14H25N3OS2/c1-9(2)13-17-10(8-20-13)6-7-16-12(18)11(15)14(3,4)19-5/h8-9,11H,6-7,15H2,1-5H3,(H,16,18)/t11-/m1/s1. The van der Waals surface area contributed by atoms with Crippen LogP contribution >= 0.6 is 23.1 Å². The zero-order valence-electron chi connectivity index (χ0n) is 12.9. The van der Waals surface area contributed by atoms with E-state index in [2.05, 4.69) is 29.5 Å². The van der Waals surface area contributed by atoms with Crippen LogP contribution in [0.5, 0.6) is 0 Å². The summed E-state index contributed by atoms with van der Waals surface area (Å²) < 4.78 is -0.254. The first-order valence-electron chi connectivity index (χ1n) is 6.80. The monoisotopic (exact) mass is 315 g/mol. The zero-order chi connectivity index (χ0) is 15.3. The second-order valence-electron chi connectivity index (χ2n) is 5.66. The number of nitrogens with two attached hydrogens (primary N) is 1. The molecule has 0 aliphatic carbocycles. The molecule has 1 atom stereocenters. The summed E-state index contributed by atoms with van der Waals surface area (Å²) in [6, 6.07) is -0.501. The minimum Gasteiger partial charge on any atom is -0.354 e. The first kappa shape index (κ1) is 17.5. The average molecular weight is 316 g/mol. The number of aromatic nitrogens is 1. The lowest BCUT2D eigenvalue weighted by atomic mass is 10.0. The van der Waals surface area contributed by atoms with E-state index in [1.165, 1.54) is 0 Å². The summed E-state index contributed by atoms with van der Waals surface area (Å²) in [5.74, 6) is 0.364. The Morgan fingerprint density at radius 3 is 2.70 bits per heavy atom. The molecule has 1 amide bonds. The molecule has 114 valence electrons. The molecule has 0 saturated carbocycles. The molecule has 0 aromatic carbocycles. The number of amides is 1. The predicted octanol–water partition coefficient (Wildman–Crippen LogP) is 2.39. The van der Waals surface area contributed by atoms with Crippen molar-refractivity contribution in [1.29, 1.82) is 0 Å². The summed E-state index contributed by atoms with van der Waals surface area (Å²) in [6.07, 6.45) is 2.72. The van der Waals surface area contributed by atoms with Crippen LogP contribution in [0.15, 0.2) is 5.38 Å². The van der Waals surface area contributed by atoms with E-state index in [-0.39, 0.29) is 10.7 Å². The number of rotatable bonds is 7. The van der Waals surface area contributed by atoms with E-state index >= 15 is 0 Å². The molecule has 0 radical (unpaired) electrons. The summed E-state index contributed by atoms with van der Waals surface area (Å²) in [5, 5.41) is 6.10. The van der Waals surface area contributed by atoms with Gasteiger partial charge >= 0.3 is 0 Å². The predicted molar refractivity (Wildman–Crippen MR) is 88.5 cm³/mol. The van der Waals surface area contributed by atoms with Gasteiger partial charge in [-0.15, -0.1) is 11.3 Å². The van der Waals surface area contributed by atoms with Gasteiger partial charge < -0.3 is 11.1 Å². The van der Waals surface area contributed by atoms with E-state index in [0.29, 0.717) is 12.5 Å². The largest absolute Gasteiger partial charge is 0.354 e. The second-order valence-corrected chi connectivity index (χ2v) is 8.01. The van der Waals surface area contributed by atoms with E-state index < -0.39 is 6.04 Å². The molecule has 6 heteroatoms. The van der Waals surface area contributed by atoms with Gasteiger partial charge in [-0.25, -0.2) is 4.98 Å². The van der Waals surface area contributed by atoms with Crippen molar-refractivity contribution in [2.75, 3.05) is 12.8 Å². The number of nitrogens with zero attached hydrogens (tertiary/aromatic N) is 1. The third kappa shape index (κ3) is 4.75. The highest BCUT2D eigenvalue weighted by Crippen LogP contribution is 2.24. The molecule has 20 heavy (non-hydrogen) atoms. The average Bonchev–Trinajstić information content (AvgIpc) is 2.86. The number of nitrogens with one attached hydrogen (secondary N) is 1. The smallest absolute Gasteiger partial charge is 0.238 e. The fourth-order valence-corrected chi connectivity index (χ4v) is 2.80. The molecule has 3 N–H and O–H groups in total. The number of hydrogen-bond donors (Lipinski definition) is 2. The Kier molecular flexibility index (Phi) is 6.48. The molecule has 1 heterocycles. The van der Waals surface area contributed by atoms with Crippen molar-refractivity contribution in [2.24, 2.45) is 5.73 Å². The summed E-state index contributed by atoms with van der Waals surface area (Å²) in [5.41, 5.74) is 7.02. The van der Waals surface area contributed by atoms with Crippen LogP contribution in [0.4, 0.5) is 0 Å². The lowest BCUT2D eigenvalue weighted by Crippen LogP contribution is -2.52. The lowest BCUT2D eigenvalue weighted by Gasteiger charge is -2.28. The Morgan fingerprint density at radius 1 is 1.55 bits per heavy atom. The molecular formula is C14H25N3OS2. The Hall–Kier alpha value is -0.590. The van der Waals surface area contributed by atoms with Crippen LogP contribution in [0.3, 0.4) is 0 Å². The molecule has 4 nitrogen and oxygen atoms in total. The fourth-order valence-electron chi connectivity index (χ4n) is 1.57. The number of hydrogen-bond acceptors (Lipinski definition) is 5. The number of thiazole rings is 1. The minimum absolute atomic E-state index is 0.0938. The van der Waals surface area contributed by atoms with Gasteiger partial charge in [0.1, 0.15) is 0 Å². The zero-order valence-corrected chi connectivity index (χ0v) is 14.5. The molecule has 0 fully saturated rings. The fraction of sp³-hybridized carbons (Fsp3) is 0.714. The summed E-state index contributed by atoms with van der Waals surface area (Å²) >= 11 is 3.28. The van der Waals surface area contributed by atoms with Crippen LogP contribution in [0, 0.1) is 0 Å². The van der Waals surface area contributed by atoms with Crippen LogP contribution < -0.4 is 11.1 Å². The lowest BCUT2D eigenvalue weighted by molar-refractivity contribution is -0.122. The number of carbonyl (C=O) groups excluding carboxylic acids is 1. The van der Waals surface area contributed by atoms with E-state index in [4.69, 9.17) is 5.73 Å². The van der Waals surface area contributed by atoms with E-state index in [1.54, 1.807) is 23.1 Å². The molecule has 1 rings (SSSR count). The maximum absolute atomic E-state index is 12.0. The minimum atomic E-state index is -0.501. The molecular weight excluding hydrogens is 290 g/mol. The highest BCUT2D eigenvalue weighted by Gasteiger charge is 2.30. The maximum atomic E-state index is 12.0. The number of carbonyl (C=O) groups is 1. The molecule has 0 unspecified atom stereocenters. The van der Waals surface area contributed by atoms with E-state index in [9.17, 15) is 4.79 Å². The third-order valence-corrected chi connectivity index (χ3v) is 5.80. The van der Waals surface area contributed by atoms with Crippen LogP contribution in [-0.2, 0) is 11.2 Å². The van der Waals surface area contributed by atoms with Crippen LogP contribution in [-0.4, -0.2) is 34.5 Å². The second kappa shape index (κ2) is 7.43. The Labute approximate surface area is 129 Å². The third-order valence-electron chi connectivity index (χ3n) is 3.30.